The molecule has 0 bridgehead atoms. The normalized spacial score (nSPS) is 26.6. The van der Waals surface area contributed by atoms with Gasteiger partial charge in [0.15, 0.2) is 6.29 Å². The zero-order valence-electron chi connectivity index (χ0n) is 9.08. The van der Waals surface area contributed by atoms with Crippen LogP contribution in [0.25, 0.3) is 0 Å². The number of rotatable bonds is 4. The van der Waals surface area contributed by atoms with E-state index in [0.717, 1.165) is 5.56 Å². The molecule has 2 rings (SSSR count). The molecule has 1 heterocycles. The Hall–Kier alpha value is -1.16. The fraction of sp³-hybridized carbons (Fsp3) is 0.385. The van der Waals surface area contributed by atoms with Crippen molar-refractivity contribution in [2.75, 3.05) is 6.61 Å². The Kier molecular flexibility index (Phi) is 3.72. The Morgan fingerprint density at radius 2 is 2.19 bits per heavy atom. The predicted octanol–water partition coefficient (Wildman–Crippen LogP) is 2.04. The molecule has 0 amide bonds. The van der Waals surface area contributed by atoms with Crippen LogP contribution in [0.15, 0.2) is 43.0 Å². The molecular formula is C13H16O3. The van der Waals surface area contributed by atoms with E-state index in [1.165, 1.54) is 0 Å². The van der Waals surface area contributed by atoms with E-state index >= 15 is 0 Å². The number of hydrogen-bond donors (Lipinski definition) is 1. The summed E-state index contributed by atoms with van der Waals surface area (Å²) in [6, 6.07) is 9.73. The van der Waals surface area contributed by atoms with E-state index < -0.39 is 6.10 Å². The highest BCUT2D eigenvalue weighted by Gasteiger charge is 2.31. The monoisotopic (exact) mass is 220 g/mol. The van der Waals surface area contributed by atoms with Crippen molar-refractivity contribution in [3.8, 4) is 0 Å². The summed E-state index contributed by atoms with van der Waals surface area (Å²) in [5.74, 6) is 0. The number of aliphatic hydroxyl groups is 1. The van der Waals surface area contributed by atoms with Gasteiger partial charge in [0, 0.05) is 5.56 Å². The molecule has 3 atom stereocenters. The molecule has 1 aliphatic rings. The third-order valence-corrected chi connectivity index (χ3v) is 2.62. The van der Waals surface area contributed by atoms with Gasteiger partial charge in [0.1, 0.15) is 6.10 Å². The SMILES string of the molecule is C=CC[C@@H](O)[C@@H]1COC(c2ccccc2)O1. The average molecular weight is 220 g/mol. The van der Waals surface area contributed by atoms with Crippen molar-refractivity contribution < 1.29 is 14.6 Å². The van der Waals surface area contributed by atoms with E-state index in [2.05, 4.69) is 6.58 Å². The highest BCUT2D eigenvalue weighted by molar-refractivity contribution is 5.16. The average Bonchev–Trinajstić information content (AvgIpc) is 2.80. The fourth-order valence-corrected chi connectivity index (χ4v) is 1.73. The van der Waals surface area contributed by atoms with Gasteiger partial charge in [0.05, 0.1) is 12.7 Å². The minimum atomic E-state index is -0.536. The van der Waals surface area contributed by atoms with Gasteiger partial charge >= 0.3 is 0 Å². The molecule has 3 heteroatoms. The fourth-order valence-electron chi connectivity index (χ4n) is 1.73. The Labute approximate surface area is 95.3 Å². The van der Waals surface area contributed by atoms with Crippen LogP contribution in [0.4, 0.5) is 0 Å². The van der Waals surface area contributed by atoms with E-state index in [1.54, 1.807) is 6.08 Å². The highest BCUT2D eigenvalue weighted by Crippen LogP contribution is 2.28. The van der Waals surface area contributed by atoms with Crippen molar-refractivity contribution in [3.63, 3.8) is 0 Å². The third kappa shape index (κ3) is 2.50. The lowest BCUT2D eigenvalue weighted by Gasteiger charge is -2.15. The van der Waals surface area contributed by atoms with Crippen LogP contribution >= 0.6 is 0 Å². The van der Waals surface area contributed by atoms with Crippen LogP contribution < -0.4 is 0 Å². The van der Waals surface area contributed by atoms with Crippen LogP contribution in [0.1, 0.15) is 18.3 Å². The van der Waals surface area contributed by atoms with Gasteiger partial charge in [-0.15, -0.1) is 6.58 Å². The summed E-state index contributed by atoms with van der Waals surface area (Å²) in [5.41, 5.74) is 0.982. The third-order valence-electron chi connectivity index (χ3n) is 2.62. The Balaban J connectivity index is 1.95. The van der Waals surface area contributed by atoms with Crippen LogP contribution in [0.5, 0.6) is 0 Å². The van der Waals surface area contributed by atoms with E-state index in [0.29, 0.717) is 13.0 Å². The zero-order valence-corrected chi connectivity index (χ0v) is 9.08. The largest absolute Gasteiger partial charge is 0.390 e. The maximum Gasteiger partial charge on any atom is 0.184 e. The summed E-state index contributed by atoms with van der Waals surface area (Å²) in [5, 5.41) is 9.74. The van der Waals surface area contributed by atoms with Gasteiger partial charge in [0.25, 0.3) is 0 Å². The summed E-state index contributed by atoms with van der Waals surface area (Å²) in [6.07, 6.45) is 1.06. The first-order valence-electron chi connectivity index (χ1n) is 5.42. The molecule has 1 N–H and O–H groups in total. The van der Waals surface area contributed by atoms with Crippen LogP contribution in [0.2, 0.25) is 0 Å². The molecule has 16 heavy (non-hydrogen) atoms. The van der Waals surface area contributed by atoms with Crippen molar-refractivity contribution in [1.82, 2.24) is 0 Å². The Bertz CT molecular complexity index is 336. The second-order valence-electron chi connectivity index (χ2n) is 3.84. The Morgan fingerprint density at radius 1 is 1.44 bits per heavy atom. The smallest absolute Gasteiger partial charge is 0.184 e. The molecule has 0 aliphatic carbocycles. The molecule has 1 fully saturated rings. The van der Waals surface area contributed by atoms with E-state index in [-0.39, 0.29) is 12.4 Å². The van der Waals surface area contributed by atoms with Gasteiger partial charge in [0.2, 0.25) is 0 Å². The van der Waals surface area contributed by atoms with Gasteiger partial charge in [-0.05, 0) is 6.42 Å². The summed E-state index contributed by atoms with van der Waals surface area (Å²) in [6.45, 7) is 4.02. The minimum Gasteiger partial charge on any atom is -0.390 e. The number of aliphatic hydroxyl groups excluding tert-OH is 1. The van der Waals surface area contributed by atoms with E-state index in [1.807, 2.05) is 30.3 Å². The van der Waals surface area contributed by atoms with Gasteiger partial charge in [-0.1, -0.05) is 36.4 Å². The van der Waals surface area contributed by atoms with Crippen LogP contribution in [-0.4, -0.2) is 23.9 Å². The molecule has 0 spiro atoms. The van der Waals surface area contributed by atoms with Crippen LogP contribution in [0.3, 0.4) is 0 Å². The molecule has 1 saturated heterocycles. The van der Waals surface area contributed by atoms with Crippen molar-refractivity contribution in [1.29, 1.82) is 0 Å². The van der Waals surface area contributed by atoms with Crippen molar-refractivity contribution >= 4 is 0 Å². The summed E-state index contributed by atoms with van der Waals surface area (Å²) >= 11 is 0. The van der Waals surface area contributed by atoms with Crippen molar-refractivity contribution in [2.45, 2.75) is 24.9 Å². The molecule has 0 saturated carbocycles. The van der Waals surface area contributed by atoms with Gasteiger partial charge < -0.3 is 14.6 Å². The lowest BCUT2D eigenvalue weighted by atomic mass is 10.1. The molecule has 3 nitrogen and oxygen atoms in total. The van der Waals surface area contributed by atoms with Crippen molar-refractivity contribution in [3.05, 3.63) is 48.6 Å². The molecule has 1 aliphatic heterocycles. The van der Waals surface area contributed by atoms with E-state index in [9.17, 15) is 5.11 Å². The number of ether oxygens (including phenoxy) is 2. The van der Waals surface area contributed by atoms with Gasteiger partial charge in [-0.2, -0.15) is 0 Å². The summed E-state index contributed by atoms with van der Waals surface area (Å²) in [4.78, 5) is 0. The topological polar surface area (TPSA) is 38.7 Å². The molecule has 1 unspecified atom stereocenters. The molecule has 0 aromatic heterocycles. The van der Waals surface area contributed by atoms with E-state index in [4.69, 9.17) is 9.47 Å². The predicted molar refractivity (Wildman–Crippen MR) is 60.8 cm³/mol. The maximum absolute atomic E-state index is 9.74. The first kappa shape index (κ1) is 11.3. The second-order valence-corrected chi connectivity index (χ2v) is 3.84. The molecule has 1 aromatic carbocycles. The first-order valence-corrected chi connectivity index (χ1v) is 5.42. The summed E-state index contributed by atoms with van der Waals surface area (Å²) in [7, 11) is 0. The minimum absolute atomic E-state index is 0.261. The quantitative estimate of drug-likeness (QED) is 0.789. The second kappa shape index (κ2) is 5.25. The lowest BCUT2D eigenvalue weighted by Crippen LogP contribution is -2.27. The maximum atomic E-state index is 9.74. The molecule has 0 radical (unpaired) electrons. The number of hydrogen-bond acceptors (Lipinski definition) is 3. The van der Waals surface area contributed by atoms with Gasteiger partial charge in [-0.25, -0.2) is 0 Å². The zero-order chi connectivity index (χ0) is 11.4. The molecular weight excluding hydrogens is 204 g/mol. The molecule has 1 aromatic rings. The highest BCUT2D eigenvalue weighted by atomic mass is 16.7. The molecule has 86 valence electrons. The number of benzene rings is 1. The van der Waals surface area contributed by atoms with Crippen LogP contribution in [-0.2, 0) is 9.47 Å². The standard InChI is InChI=1S/C13H16O3/c1-2-6-11(14)12-9-15-13(16-12)10-7-4-3-5-8-10/h2-5,7-8,11-14H,1,6,9H2/t11-,12+,13?/m1/s1. The van der Waals surface area contributed by atoms with Gasteiger partial charge in [-0.3, -0.25) is 0 Å². The lowest BCUT2D eigenvalue weighted by molar-refractivity contribution is -0.0823. The van der Waals surface area contributed by atoms with Crippen LogP contribution in [0, 0.1) is 0 Å². The summed E-state index contributed by atoms with van der Waals surface area (Å²) < 4.78 is 11.1. The Morgan fingerprint density at radius 3 is 2.88 bits per heavy atom. The first-order chi connectivity index (χ1) is 7.81. The van der Waals surface area contributed by atoms with Crippen molar-refractivity contribution in [2.24, 2.45) is 0 Å².